The van der Waals surface area contributed by atoms with Crippen LogP contribution in [0.1, 0.15) is 55.4 Å². The van der Waals surface area contributed by atoms with Crippen molar-refractivity contribution in [1.29, 1.82) is 0 Å². The summed E-state index contributed by atoms with van der Waals surface area (Å²) in [6.07, 6.45) is 3.07. The Kier molecular flexibility index (Phi) is 7.25. The molecule has 0 aliphatic carbocycles. The number of ether oxygens (including phenoxy) is 2. The average Bonchev–Trinajstić information content (AvgIpc) is 3.48. The highest BCUT2D eigenvalue weighted by Gasteiger charge is 2.54. The van der Waals surface area contributed by atoms with E-state index in [1.165, 1.54) is 25.8 Å². The number of carboxylic acid groups (broad SMARTS) is 1. The monoisotopic (exact) mass is 564 g/mol. The number of hydrogen-bond acceptors (Lipinski definition) is 10. The van der Waals surface area contributed by atoms with Crippen LogP contribution in [0.3, 0.4) is 0 Å². The van der Waals surface area contributed by atoms with Crippen molar-refractivity contribution < 1.29 is 37.0 Å². The van der Waals surface area contributed by atoms with Crippen LogP contribution in [0.15, 0.2) is 35.2 Å². The van der Waals surface area contributed by atoms with Crippen LogP contribution < -0.4 is 9.04 Å². The summed E-state index contributed by atoms with van der Waals surface area (Å²) in [5, 5.41) is 10.0. The maximum atomic E-state index is 14.1. The van der Waals surface area contributed by atoms with Gasteiger partial charge in [0, 0.05) is 6.20 Å². The molecule has 0 radical (unpaired) electrons. The summed E-state index contributed by atoms with van der Waals surface area (Å²) in [6.45, 7) is 7.23. The van der Waals surface area contributed by atoms with Gasteiger partial charge in [-0.15, -0.1) is 11.3 Å². The van der Waals surface area contributed by atoms with Gasteiger partial charge in [-0.25, -0.2) is 18.4 Å². The second-order valence-corrected chi connectivity index (χ2v) is 12.0. The quantitative estimate of drug-likeness (QED) is 0.407. The minimum atomic E-state index is -4.71. The van der Waals surface area contributed by atoms with Gasteiger partial charge in [0.15, 0.2) is 5.54 Å². The predicted octanol–water partition coefficient (Wildman–Crippen LogP) is 3.65. The molecule has 1 amide bonds. The molecule has 0 fully saturated rings. The van der Waals surface area contributed by atoms with Crippen molar-refractivity contribution in [1.82, 2.24) is 14.3 Å². The van der Waals surface area contributed by atoms with Crippen molar-refractivity contribution in [3.05, 3.63) is 47.6 Å². The van der Waals surface area contributed by atoms with Gasteiger partial charge in [0.05, 0.1) is 36.4 Å². The van der Waals surface area contributed by atoms with E-state index in [2.05, 4.69) is 9.97 Å². The van der Waals surface area contributed by atoms with Gasteiger partial charge >= 0.3 is 16.2 Å². The summed E-state index contributed by atoms with van der Waals surface area (Å²) < 4.78 is 46.5. The van der Waals surface area contributed by atoms with Crippen molar-refractivity contribution >= 4 is 38.4 Å². The van der Waals surface area contributed by atoms with Crippen LogP contribution >= 0.6 is 11.3 Å². The van der Waals surface area contributed by atoms with E-state index >= 15 is 0 Å². The Bertz CT molecular complexity index is 1460. The SMILES string of the molecule is COc1cccnc1[C@H](CN1c2sc(-c3ncco3)c(C)c2C(=O)N(C(C)(C)C(=O)O)S1(=O)=O)OC(C)C. The Hall–Kier alpha value is -3.49. The van der Waals surface area contributed by atoms with Gasteiger partial charge in [-0.05, 0) is 52.3 Å². The smallest absolute Gasteiger partial charge is 0.330 e. The summed E-state index contributed by atoms with van der Waals surface area (Å²) in [6, 6.07) is 3.35. The molecule has 1 aliphatic rings. The van der Waals surface area contributed by atoms with E-state index < -0.39 is 33.7 Å². The predicted molar refractivity (Wildman–Crippen MR) is 138 cm³/mol. The molecule has 14 heteroatoms. The average molecular weight is 565 g/mol. The third-order valence-electron chi connectivity index (χ3n) is 6.01. The molecule has 4 rings (SSSR count). The van der Waals surface area contributed by atoms with Crippen molar-refractivity contribution in [2.24, 2.45) is 0 Å². The van der Waals surface area contributed by atoms with Gasteiger partial charge in [0.25, 0.3) is 5.91 Å². The van der Waals surface area contributed by atoms with Gasteiger partial charge in [0.1, 0.15) is 28.8 Å². The first-order valence-electron chi connectivity index (χ1n) is 11.6. The standard InChI is InChI=1S/C24H28N4O8S2/c1-13(2)36-16(18-15(34-6)8-7-9-25-18)12-27-22-17(14(3)19(37-22)20-26-10-11-35-20)21(29)28(38(27,32)33)24(4,5)23(30)31/h7-11,13,16H,12H2,1-6H3,(H,30,31)/t16-/m0/s1. The number of nitrogens with zero attached hydrogens (tertiary/aromatic N) is 4. The Morgan fingerprint density at radius 1 is 1.26 bits per heavy atom. The van der Waals surface area contributed by atoms with E-state index in [0.717, 1.165) is 29.5 Å². The van der Waals surface area contributed by atoms with Crippen LogP contribution in [0.4, 0.5) is 5.00 Å². The lowest BCUT2D eigenvalue weighted by Crippen LogP contribution is -2.62. The van der Waals surface area contributed by atoms with Gasteiger partial charge < -0.3 is 19.0 Å². The molecule has 1 atom stereocenters. The van der Waals surface area contributed by atoms with Crippen molar-refractivity contribution in [2.75, 3.05) is 18.0 Å². The number of carbonyl (C=O) groups excluding carboxylic acids is 1. The van der Waals surface area contributed by atoms with Gasteiger partial charge in [0.2, 0.25) is 5.89 Å². The summed E-state index contributed by atoms with van der Waals surface area (Å²) in [7, 11) is -3.25. The zero-order chi connectivity index (χ0) is 28.0. The Morgan fingerprint density at radius 3 is 2.55 bits per heavy atom. The Morgan fingerprint density at radius 2 is 1.97 bits per heavy atom. The van der Waals surface area contributed by atoms with Crippen LogP contribution in [-0.2, 0) is 19.7 Å². The highest BCUT2D eigenvalue weighted by Crippen LogP contribution is 2.48. The summed E-state index contributed by atoms with van der Waals surface area (Å²) >= 11 is 1.01. The maximum Gasteiger partial charge on any atom is 0.330 e. The number of pyridine rings is 1. The van der Waals surface area contributed by atoms with E-state index in [4.69, 9.17) is 13.9 Å². The summed E-state index contributed by atoms with van der Waals surface area (Å²) in [4.78, 5) is 34.9. The molecule has 3 aromatic rings. The van der Waals surface area contributed by atoms with Crippen LogP contribution in [0.25, 0.3) is 10.8 Å². The molecule has 12 nitrogen and oxygen atoms in total. The fourth-order valence-electron chi connectivity index (χ4n) is 4.17. The number of rotatable bonds is 9. The minimum absolute atomic E-state index is 0.0450. The van der Waals surface area contributed by atoms with Crippen molar-refractivity contribution in [3.8, 4) is 16.5 Å². The largest absolute Gasteiger partial charge is 0.495 e. The number of carbonyl (C=O) groups is 2. The highest BCUT2D eigenvalue weighted by molar-refractivity contribution is 7.91. The third-order valence-corrected chi connectivity index (χ3v) is 9.40. The fraction of sp³-hybridized carbons (Fsp3) is 0.417. The number of oxazole rings is 1. The number of anilines is 1. The first kappa shape index (κ1) is 27.5. The van der Waals surface area contributed by atoms with Crippen LogP contribution in [-0.4, -0.2) is 65.0 Å². The number of methoxy groups -OCH3 is 1. The number of carboxylic acids is 1. The topological polar surface area (TPSA) is 152 Å². The molecular weight excluding hydrogens is 536 g/mol. The second-order valence-electron chi connectivity index (χ2n) is 9.31. The Labute approximate surface area is 224 Å². The molecule has 4 heterocycles. The minimum Gasteiger partial charge on any atom is -0.495 e. The number of aliphatic carboxylic acids is 1. The molecule has 0 spiro atoms. The van der Waals surface area contributed by atoms with E-state index in [9.17, 15) is 23.1 Å². The van der Waals surface area contributed by atoms with E-state index in [0.29, 0.717) is 26.2 Å². The van der Waals surface area contributed by atoms with E-state index in [1.807, 2.05) is 0 Å². The molecule has 0 bridgehead atoms. The summed E-state index contributed by atoms with van der Waals surface area (Å²) in [5.41, 5.74) is -1.29. The van der Waals surface area contributed by atoms with Crippen molar-refractivity contribution in [3.63, 3.8) is 0 Å². The lowest BCUT2D eigenvalue weighted by atomic mass is 10.0. The third kappa shape index (κ3) is 4.52. The second kappa shape index (κ2) is 10.0. The molecule has 0 saturated heterocycles. The molecular formula is C24H28N4O8S2. The lowest BCUT2D eigenvalue weighted by Gasteiger charge is -2.42. The highest BCUT2D eigenvalue weighted by atomic mass is 32.2. The molecule has 204 valence electrons. The molecule has 0 unspecified atom stereocenters. The first-order chi connectivity index (χ1) is 17.8. The van der Waals surface area contributed by atoms with Gasteiger partial charge in [-0.2, -0.15) is 8.42 Å². The number of amides is 1. The van der Waals surface area contributed by atoms with Crippen molar-refractivity contribution in [2.45, 2.75) is 52.4 Å². The zero-order valence-electron chi connectivity index (χ0n) is 21.7. The number of fused-ring (bicyclic) bond motifs is 1. The van der Waals surface area contributed by atoms with Crippen LogP contribution in [0, 0.1) is 6.92 Å². The number of hydrogen-bond donors (Lipinski definition) is 1. The van der Waals surface area contributed by atoms with Gasteiger partial charge in [-0.3, -0.25) is 9.78 Å². The number of aromatic nitrogens is 2. The van der Waals surface area contributed by atoms with Gasteiger partial charge in [-0.1, -0.05) is 0 Å². The molecule has 38 heavy (non-hydrogen) atoms. The van der Waals surface area contributed by atoms with Crippen LogP contribution in [0.2, 0.25) is 0 Å². The number of thiophene rings is 1. The van der Waals surface area contributed by atoms with E-state index in [1.54, 1.807) is 32.9 Å². The molecule has 0 saturated carbocycles. The fourth-order valence-corrected chi connectivity index (χ4v) is 7.50. The molecule has 1 N–H and O–H groups in total. The Balaban J connectivity index is 1.96. The molecule has 1 aliphatic heterocycles. The normalized spacial score (nSPS) is 16.0. The maximum absolute atomic E-state index is 14.1. The zero-order valence-corrected chi connectivity index (χ0v) is 23.3. The van der Waals surface area contributed by atoms with Crippen LogP contribution in [0.5, 0.6) is 5.75 Å². The first-order valence-corrected chi connectivity index (χ1v) is 13.8. The molecule has 0 aromatic carbocycles. The molecule has 3 aromatic heterocycles. The van der Waals surface area contributed by atoms with E-state index in [-0.39, 0.29) is 29.1 Å². The lowest BCUT2D eigenvalue weighted by molar-refractivity contribution is -0.145. The summed E-state index contributed by atoms with van der Waals surface area (Å²) in [5.74, 6) is -1.85.